The maximum atomic E-state index is 12.4. The predicted octanol–water partition coefficient (Wildman–Crippen LogP) is 3.57. The molecule has 1 aromatic rings. The van der Waals surface area contributed by atoms with Gasteiger partial charge in [0.25, 0.3) is 0 Å². The van der Waals surface area contributed by atoms with Gasteiger partial charge in [0, 0.05) is 25.6 Å². The summed E-state index contributed by atoms with van der Waals surface area (Å²) >= 11 is 0. The van der Waals surface area contributed by atoms with E-state index in [-0.39, 0.29) is 17.9 Å². The van der Waals surface area contributed by atoms with Crippen LogP contribution in [-0.4, -0.2) is 35.6 Å². The van der Waals surface area contributed by atoms with Crippen molar-refractivity contribution >= 4 is 12.0 Å². The summed E-state index contributed by atoms with van der Waals surface area (Å²) < 4.78 is 5.39. The number of likely N-dealkylation sites (tertiary alicyclic amines) is 1. The molecule has 5 nitrogen and oxygen atoms in total. The van der Waals surface area contributed by atoms with Crippen molar-refractivity contribution in [1.29, 1.82) is 0 Å². The number of carbonyl (C=O) groups is 2. The molecule has 2 rings (SSSR count). The molecule has 138 valence electrons. The lowest BCUT2D eigenvalue weighted by Crippen LogP contribution is -2.44. The van der Waals surface area contributed by atoms with E-state index in [0.29, 0.717) is 32.5 Å². The molecule has 0 bridgehead atoms. The number of carbonyl (C=O) groups excluding carboxylic acids is 2. The van der Waals surface area contributed by atoms with Gasteiger partial charge in [-0.15, -0.1) is 0 Å². The summed E-state index contributed by atoms with van der Waals surface area (Å²) in [5.41, 5.74) is 3.07. The van der Waals surface area contributed by atoms with Gasteiger partial charge in [-0.1, -0.05) is 23.8 Å². The molecule has 0 spiro atoms. The summed E-state index contributed by atoms with van der Waals surface area (Å²) in [4.78, 5) is 26.2. The summed E-state index contributed by atoms with van der Waals surface area (Å²) in [6.07, 6.45) is 1.07. The lowest BCUT2D eigenvalue weighted by Gasteiger charge is -2.33. The van der Waals surface area contributed by atoms with E-state index in [1.54, 1.807) is 4.90 Å². The van der Waals surface area contributed by atoms with Gasteiger partial charge in [0.1, 0.15) is 5.60 Å². The molecule has 1 saturated heterocycles. The summed E-state index contributed by atoms with van der Waals surface area (Å²) in [6, 6.07) is 6.25. The summed E-state index contributed by atoms with van der Waals surface area (Å²) in [7, 11) is 0. The molecule has 0 aliphatic carbocycles. The maximum absolute atomic E-state index is 12.4. The average Bonchev–Trinajstić information content (AvgIpc) is 2.52. The Morgan fingerprint density at radius 2 is 1.84 bits per heavy atom. The molecule has 1 N–H and O–H groups in total. The second-order valence-electron chi connectivity index (χ2n) is 7.89. The smallest absolute Gasteiger partial charge is 0.410 e. The first-order chi connectivity index (χ1) is 11.7. The second-order valence-corrected chi connectivity index (χ2v) is 7.89. The summed E-state index contributed by atoms with van der Waals surface area (Å²) in [5, 5.41) is 3.04. The third-order valence-corrected chi connectivity index (χ3v) is 4.47. The van der Waals surface area contributed by atoms with Gasteiger partial charge >= 0.3 is 6.09 Å². The third-order valence-electron chi connectivity index (χ3n) is 4.47. The Bertz CT molecular complexity index is 626. The first-order valence-corrected chi connectivity index (χ1v) is 8.97. The predicted molar refractivity (Wildman–Crippen MR) is 98.3 cm³/mol. The molecule has 1 aliphatic rings. The average molecular weight is 346 g/mol. The Morgan fingerprint density at radius 3 is 2.40 bits per heavy atom. The topological polar surface area (TPSA) is 58.6 Å². The first kappa shape index (κ1) is 19.3. The van der Waals surface area contributed by atoms with Gasteiger partial charge in [0.2, 0.25) is 5.91 Å². The zero-order valence-corrected chi connectivity index (χ0v) is 16.0. The van der Waals surface area contributed by atoms with E-state index in [1.165, 1.54) is 11.1 Å². The Hall–Kier alpha value is -2.04. The molecule has 1 aliphatic heterocycles. The number of benzene rings is 1. The van der Waals surface area contributed by atoms with Crippen LogP contribution in [0.15, 0.2) is 18.2 Å². The van der Waals surface area contributed by atoms with Crippen molar-refractivity contribution in [3.05, 3.63) is 34.9 Å². The van der Waals surface area contributed by atoms with Crippen molar-refractivity contribution in [2.45, 2.75) is 59.6 Å². The number of aryl methyl sites for hydroxylation is 2. The molecular formula is C20H30N2O3. The van der Waals surface area contributed by atoms with E-state index in [2.05, 4.69) is 37.4 Å². The van der Waals surface area contributed by atoms with E-state index >= 15 is 0 Å². The van der Waals surface area contributed by atoms with Gasteiger partial charge in [-0.3, -0.25) is 4.79 Å². The van der Waals surface area contributed by atoms with Crippen LogP contribution < -0.4 is 5.32 Å². The van der Waals surface area contributed by atoms with Crippen LogP contribution in [0.2, 0.25) is 0 Å². The lowest BCUT2D eigenvalue weighted by molar-refractivity contribution is -0.126. The monoisotopic (exact) mass is 346 g/mol. The number of rotatable bonds is 3. The van der Waals surface area contributed by atoms with E-state index in [0.717, 1.165) is 5.56 Å². The minimum absolute atomic E-state index is 0.0376. The highest BCUT2D eigenvalue weighted by Gasteiger charge is 2.29. The third kappa shape index (κ3) is 5.76. The highest BCUT2D eigenvalue weighted by Crippen LogP contribution is 2.20. The SMILES string of the molecule is Cc1ccc(CNC(=O)C2CCN(C(=O)OC(C)(C)C)CC2)c(C)c1. The van der Waals surface area contributed by atoms with Gasteiger partial charge in [0.05, 0.1) is 0 Å². The highest BCUT2D eigenvalue weighted by atomic mass is 16.6. The van der Waals surface area contributed by atoms with Crippen molar-refractivity contribution in [3.63, 3.8) is 0 Å². The molecule has 0 aromatic heterocycles. The van der Waals surface area contributed by atoms with E-state index in [1.807, 2.05) is 20.8 Å². The van der Waals surface area contributed by atoms with Crippen molar-refractivity contribution in [2.24, 2.45) is 5.92 Å². The van der Waals surface area contributed by atoms with Gasteiger partial charge in [-0.05, 0) is 58.6 Å². The van der Waals surface area contributed by atoms with Crippen LogP contribution >= 0.6 is 0 Å². The van der Waals surface area contributed by atoms with Crippen LogP contribution in [0.1, 0.15) is 50.3 Å². The molecule has 1 heterocycles. The lowest BCUT2D eigenvalue weighted by atomic mass is 9.96. The van der Waals surface area contributed by atoms with Crippen LogP contribution in [0.5, 0.6) is 0 Å². The zero-order chi connectivity index (χ0) is 18.6. The summed E-state index contributed by atoms with van der Waals surface area (Å²) in [5.74, 6) is 0.0354. The molecule has 5 heteroatoms. The molecule has 25 heavy (non-hydrogen) atoms. The first-order valence-electron chi connectivity index (χ1n) is 8.97. The normalized spacial score (nSPS) is 15.8. The highest BCUT2D eigenvalue weighted by molar-refractivity contribution is 5.79. The molecule has 0 radical (unpaired) electrons. The Labute approximate surface area is 150 Å². The van der Waals surface area contributed by atoms with Gasteiger partial charge in [-0.25, -0.2) is 4.79 Å². The molecule has 0 saturated carbocycles. The molecule has 1 aromatic carbocycles. The van der Waals surface area contributed by atoms with Gasteiger partial charge in [-0.2, -0.15) is 0 Å². The maximum Gasteiger partial charge on any atom is 0.410 e. The Kier molecular flexibility index (Phi) is 6.09. The van der Waals surface area contributed by atoms with E-state index in [4.69, 9.17) is 4.74 Å². The fourth-order valence-corrected chi connectivity index (χ4v) is 3.02. The fraction of sp³-hybridized carbons (Fsp3) is 0.600. The molecule has 2 amide bonds. The number of piperidine rings is 1. The molecular weight excluding hydrogens is 316 g/mol. The van der Waals surface area contributed by atoms with Gasteiger partial charge < -0.3 is 15.0 Å². The van der Waals surface area contributed by atoms with Crippen LogP contribution in [0.25, 0.3) is 0 Å². The number of nitrogens with zero attached hydrogens (tertiary/aromatic N) is 1. The minimum atomic E-state index is -0.489. The standard InChI is InChI=1S/C20H30N2O3/c1-14-6-7-17(15(2)12-14)13-21-18(23)16-8-10-22(11-9-16)19(24)25-20(3,4)5/h6-7,12,16H,8-11,13H2,1-5H3,(H,21,23). The van der Waals surface area contributed by atoms with E-state index in [9.17, 15) is 9.59 Å². The van der Waals surface area contributed by atoms with Crippen molar-refractivity contribution in [3.8, 4) is 0 Å². The largest absolute Gasteiger partial charge is 0.444 e. The number of hydrogen-bond donors (Lipinski definition) is 1. The number of ether oxygens (including phenoxy) is 1. The zero-order valence-electron chi connectivity index (χ0n) is 16.0. The van der Waals surface area contributed by atoms with Crippen LogP contribution in [0.4, 0.5) is 4.79 Å². The Morgan fingerprint density at radius 1 is 1.20 bits per heavy atom. The number of amides is 2. The summed E-state index contributed by atoms with van der Waals surface area (Å²) in [6.45, 7) is 11.4. The minimum Gasteiger partial charge on any atom is -0.444 e. The van der Waals surface area contributed by atoms with Crippen LogP contribution in [-0.2, 0) is 16.1 Å². The number of hydrogen-bond acceptors (Lipinski definition) is 3. The Balaban J connectivity index is 1.80. The van der Waals surface area contributed by atoms with Crippen molar-refractivity contribution in [2.75, 3.05) is 13.1 Å². The molecule has 0 atom stereocenters. The van der Waals surface area contributed by atoms with E-state index < -0.39 is 5.60 Å². The van der Waals surface area contributed by atoms with Crippen LogP contribution in [0, 0.1) is 19.8 Å². The van der Waals surface area contributed by atoms with Gasteiger partial charge in [0.15, 0.2) is 0 Å². The fourth-order valence-electron chi connectivity index (χ4n) is 3.02. The second kappa shape index (κ2) is 7.89. The molecule has 0 unspecified atom stereocenters. The molecule has 1 fully saturated rings. The number of nitrogens with one attached hydrogen (secondary N) is 1. The van der Waals surface area contributed by atoms with Crippen molar-refractivity contribution < 1.29 is 14.3 Å². The quantitative estimate of drug-likeness (QED) is 0.910. The van der Waals surface area contributed by atoms with Crippen molar-refractivity contribution in [1.82, 2.24) is 10.2 Å². The van der Waals surface area contributed by atoms with Crippen LogP contribution in [0.3, 0.4) is 0 Å².